The summed E-state index contributed by atoms with van der Waals surface area (Å²) in [5.74, 6) is 0.573. The fraction of sp³-hybridized carbons (Fsp3) is 0.292. The Labute approximate surface area is 192 Å². The molecule has 1 heterocycles. The molecule has 0 N–H and O–H groups in total. The van der Waals surface area contributed by atoms with E-state index in [0.29, 0.717) is 33.1 Å². The number of aromatic nitrogens is 1. The Morgan fingerprint density at radius 3 is 2.58 bits per heavy atom. The summed E-state index contributed by atoms with van der Waals surface area (Å²) >= 11 is 7.63. The molecule has 5 nitrogen and oxygen atoms in total. The largest absolute Gasteiger partial charge is 0.443 e. The number of ether oxygens (including phenoxy) is 1. The highest BCUT2D eigenvalue weighted by atomic mass is 35.5. The summed E-state index contributed by atoms with van der Waals surface area (Å²) in [6, 6.07) is 16.2. The highest BCUT2D eigenvalue weighted by molar-refractivity contribution is 7.08. The van der Waals surface area contributed by atoms with Crippen LogP contribution in [0.15, 0.2) is 47.5 Å². The first-order valence-electron chi connectivity index (χ1n) is 10.0. The van der Waals surface area contributed by atoms with Crippen LogP contribution >= 0.6 is 23.1 Å². The molecule has 160 valence electrons. The molecule has 1 atom stereocenters. The van der Waals surface area contributed by atoms with Crippen LogP contribution in [0.3, 0.4) is 0 Å². The molecule has 0 aliphatic carbocycles. The van der Waals surface area contributed by atoms with Crippen molar-refractivity contribution >= 4 is 35.2 Å². The van der Waals surface area contributed by atoms with Gasteiger partial charge in [0.25, 0.3) is 0 Å². The zero-order valence-electron chi connectivity index (χ0n) is 18.3. The number of benzene rings is 2. The highest BCUT2D eigenvalue weighted by Gasteiger charge is 2.22. The summed E-state index contributed by atoms with van der Waals surface area (Å²) in [6.07, 6.45) is 1.76. The van der Waals surface area contributed by atoms with E-state index in [0.717, 1.165) is 16.8 Å². The average Bonchev–Trinajstić information content (AvgIpc) is 3.17. The van der Waals surface area contributed by atoms with Crippen LogP contribution in [0.2, 0.25) is 5.02 Å². The lowest BCUT2D eigenvalue weighted by Crippen LogP contribution is -2.24. The van der Waals surface area contributed by atoms with Gasteiger partial charge in [-0.3, -0.25) is 0 Å². The molecule has 0 radical (unpaired) electrons. The third-order valence-corrected chi connectivity index (χ3v) is 6.19. The molecule has 0 bridgehead atoms. The van der Waals surface area contributed by atoms with E-state index in [1.807, 2.05) is 62.2 Å². The van der Waals surface area contributed by atoms with Crippen molar-refractivity contribution in [3.05, 3.63) is 69.9 Å². The maximum atomic E-state index is 9.78. The van der Waals surface area contributed by atoms with Gasteiger partial charge >= 0.3 is 0 Å². The van der Waals surface area contributed by atoms with Crippen LogP contribution in [-0.4, -0.2) is 28.7 Å². The van der Waals surface area contributed by atoms with E-state index in [1.54, 1.807) is 12.4 Å². The van der Waals surface area contributed by atoms with Gasteiger partial charge < -0.3 is 9.64 Å². The molecule has 0 aliphatic heterocycles. The van der Waals surface area contributed by atoms with Gasteiger partial charge in [-0.1, -0.05) is 48.9 Å². The van der Waals surface area contributed by atoms with Gasteiger partial charge in [0.15, 0.2) is 0 Å². The molecule has 3 rings (SSSR count). The van der Waals surface area contributed by atoms with Gasteiger partial charge in [0.05, 0.1) is 22.7 Å². The normalized spacial score (nSPS) is 12.2. The van der Waals surface area contributed by atoms with Crippen LogP contribution in [-0.2, 0) is 0 Å². The van der Waals surface area contributed by atoms with Crippen molar-refractivity contribution in [1.29, 1.82) is 5.26 Å². The summed E-state index contributed by atoms with van der Waals surface area (Å²) < 4.78 is 10.6. The molecule has 1 aromatic heterocycles. The molecule has 7 heteroatoms. The summed E-state index contributed by atoms with van der Waals surface area (Å²) in [5.41, 5.74) is 3.82. The number of aryl methyl sites for hydroxylation is 1. The maximum Gasteiger partial charge on any atom is 0.218 e. The van der Waals surface area contributed by atoms with E-state index in [-0.39, 0.29) is 5.92 Å². The third-order valence-electron chi connectivity index (χ3n) is 5.15. The van der Waals surface area contributed by atoms with Gasteiger partial charge in [-0.05, 0) is 38.0 Å². The van der Waals surface area contributed by atoms with Crippen LogP contribution in [0.25, 0.3) is 0 Å². The van der Waals surface area contributed by atoms with Gasteiger partial charge in [0.2, 0.25) is 5.06 Å². The van der Waals surface area contributed by atoms with E-state index in [9.17, 15) is 5.26 Å². The Morgan fingerprint density at radius 2 is 1.94 bits per heavy atom. The molecule has 3 aromatic rings. The van der Waals surface area contributed by atoms with Gasteiger partial charge in [-0.2, -0.15) is 9.64 Å². The van der Waals surface area contributed by atoms with Gasteiger partial charge in [-0.15, -0.1) is 0 Å². The molecule has 0 amide bonds. The number of rotatable bonds is 7. The topological polar surface area (TPSA) is 61.5 Å². The summed E-state index contributed by atoms with van der Waals surface area (Å²) in [6.45, 7) is 8.14. The number of hydrogen-bond acceptors (Lipinski definition) is 5. The van der Waals surface area contributed by atoms with Crippen molar-refractivity contribution in [3.63, 3.8) is 0 Å². The van der Waals surface area contributed by atoms with Crippen molar-refractivity contribution in [3.8, 4) is 16.9 Å². The Kier molecular flexibility index (Phi) is 7.32. The minimum atomic E-state index is -0.0104. The van der Waals surface area contributed by atoms with E-state index < -0.39 is 0 Å². The van der Waals surface area contributed by atoms with Crippen molar-refractivity contribution in [1.82, 2.24) is 9.27 Å². The fourth-order valence-electron chi connectivity index (χ4n) is 2.90. The van der Waals surface area contributed by atoms with Gasteiger partial charge in [-0.25, -0.2) is 4.99 Å². The molecule has 2 aromatic carbocycles. The number of nitriles is 1. The van der Waals surface area contributed by atoms with Crippen LogP contribution < -0.4 is 4.74 Å². The monoisotopic (exact) mass is 452 g/mol. The van der Waals surface area contributed by atoms with Crippen molar-refractivity contribution in [2.24, 2.45) is 4.99 Å². The lowest BCUT2D eigenvalue weighted by molar-refractivity contribution is 0.429. The van der Waals surface area contributed by atoms with E-state index in [4.69, 9.17) is 16.3 Å². The van der Waals surface area contributed by atoms with Crippen molar-refractivity contribution in [2.75, 3.05) is 7.05 Å². The van der Waals surface area contributed by atoms with Crippen molar-refractivity contribution < 1.29 is 4.74 Å². The van der Waals surface area contributed by atoms with Gasteiger partial charge in [0.1, 0.15) is 17.4 Å². The third kappa shape index (κ3) is 5.25. The number of halogens is 1. The second-order valence-corrected chi connectivity index (χ2v) is 8.79. The van der Waals surface area contributed by atoms with Crippen LogP contribution in [0.4, 0.5) is 5.69 Å². The minimum absolute atomic E-state index is 0.0104. The molecule has 0 spiro atoms. The minimum Gasteiger partial charge on any atom is -0.443 e. The second-order valence-electron chi connectivity index (χ2n) is 7.65. The molecule has 0 saturated heterocycles. The first kappa shape index (κ1) is 22.8. The quantitative estimate of drug-likeness (QED) is 0.288. The smallest absolute Gasteiger partial charge is 0.218 e. The molecular weight excluding hydrogens is 428 g/mol. The van der Waals surface area contributed by atoms with Crippen LogP contribution in [0.5, 0.6) is 10.8 Å². The van der Waals surface area contributed by atoms with Gasteiger partial charge in [0, 0.05) is 36.6 Å². The SMILES string of the molecule is Cc1cc(/N=C\N(C)C(C)C)c(Cl)cc1Oc1snc(C(C)c2ccccc2)c1C#N. The molecule has 31 heavy (non-hydrogen) atoms. The number of nitrogens with zero attached hydrogens (tertiary/aromatic N) is 4. The van der Waals surface area contributed by atoms with Crippen LogP contribution in [0.1, 0.15) is 49.1 Å². The maximum absolute atomic E-state index is 9.78. The molecule has 0 saturated carbocycles. The van der Waals surface area contributed by atoms with Crippen molar-refractivity contribution in [2.45, 2.75) is 39.7 Å². The number of hydrogen-bond donors (Lipinski definition) is 0. The lowest BCUT2D eigenvalue weighted by Gasteiger charge is -2.17. The Bertz CT molecular complexity index is 1120. The standard InChI is InChI=1S/C24H25ClN4OS/c1-15(2)29(5)14-27-21-11-16(3)22(12-20(21)25)30-24-19(13-26)23(28-31-24)17(4)18-9-7-6-8-10-18/h6-12,14-15,17H,1-5H3/b27-14-. The highest BCUT2D eigenvalue weighted by Crippen LogP contribution is 2.40. The summed E-state index contributed by atoms with van der Waals surface area (Å²) in [4.78, 5) is 6.48. The molecule has 1 unspecified atom stereocenters. The first-order chi connectivity index (χ1) is 14.8. The predicted molar refractivity (Wildman–Crippen MR) is 128 cm³/mol. The Morgan fingerprint density at radius 1 is 1.23 bits per heavy atom. The first-order valence-corrected chi connectivity index (χ1v) is 11.2. The zero-order valence-corrected chi connectivity index (χ0v) is 19.8. The average molecular weight is 453 g/mol. The zero-order chi connectivity index (χ0) is 22.5. The summed E-state index contributed by atoms with van der Waals surface area (Å²) in [5, 5.41) is 10.7. The van der Waals surface area contributed by atoms with E-state index in [2.05, 4.69) is 29.3 Å². The predicted octanol–water partition coefficient (Wildman–Crippen LogP) is 6.92. The molecule has 0 aliphatic rings. The fourth-order valence-corrected chi connectivity index (χ4v) is 3.90. The Hall–Kier alpha value is -2.88. The van der Waals surface area contributed by atoms with E-state index in [1.165, 1.54) is 11.5 Å². The second kappa shape index (κ2) is 9.95. The van der Waals surface area contributed by atoms with Crippen LogP contribution in [0, 0.1) is 18.3 Å². The van der Waals surface area contributed by atoms with E-state index >= 15 is 0 Å². The molecule has 0 fully saturated rings. The lowest BCUT2D eigenvalue weighted by atomic mass is 9.95. The summed E-state index contributed by atoms with van der Waals surface area (Å²) in [7, 11) is 1.97. The Balaban J connectivity index is 1.87. The number of aliphatic imine (C=N–C) groups is 1. The molecular formula is C24H25ClN4OS.